The van der Waals surface area contributed by atoms with Crippen LogP contribution >= 0.6 is 0 Å². The van der Waals surface area contributed by atoms with Crippen LogP contribution in [0.2, 0.25) is 0 Å². The molecule has 0 aromatic heterocycles. The van der Waals surface area contributed by atoms with Crippen molar-refractivity contribution in [1.29, 1.82) is 0 Å². The van der Waals surface area contributed by atoms with E-state index >= 15 is 0 Å². The topological polar surface area (TPSA) is 38.5 Å². The van der Waals surface area contributed by atoms with Gasteiger partial charge in [-0.1, -0.05) is 0 Å². The second-order valence-electron chi connectivity index (χ2n) is 3.10. The molecule has 0 bridgehead atoms. The minimum atomic E-state index is 0.692. The van der Waals surface area contributed by atoms with Gasteiger partial charge in [0.25, 0.3) is 0 Å². The van der Waals surface area contributed by atoms with E-state index in [-0.39, 0.29) is 0 Å². The van der Waals surface area contributed by atoms with Crippen molar-refractivity contribution in [3.8, 4) is 0 Å². The zero-order valence-corrected chi connectivity index (χ0v) is 7.49. The largest absolute Gasteiger partial charge is 0.398 e. The number of hydrogen-bond donors (Lipinski definition) is 1. The van der Waals surface area contributed by atoms with Crippen LogP contribution in [-0.4, -0.2) is 26.3 Å². The summed E-state index contributed by atoms with van der Waals surface area (Å²) in [6.45, 7) is 3.53. The van der Waals surface area contributed by atoms with Gasteiger partial charge < -0.3 is 15.4 Å². The van der Waals surface area contributed by atoms with E-state index in [1.54, 1.807) is 0 Å². The van der Waals surface area contributed by atoms with Crippen LogP contribution in [0.5, 0.6) is 0 Å². The van der Waals surface area contributed by atoms with Crippen LogP contribution in [0.25, 0.3) is 0 Å². The molecular weight excluding hydrogens is 164 g/mol. The van der Waals surface area contributed by atoms with Crippen LogP contribution < -0.4 is 10.6 Å². The molecule has 1 aromatic rings. The predicted molar refractivity (Wildman–Crippen MR) is 52.7 cm³/mol. The van der Waals surface area contributed by atoms with Crippen LogP contribution in [-0.2, 0) is 4.74 Å². The van der Waals surface area contributed by atoms with Gasteiger partial charge in [-0.2, -0.15) is 0 Å². The fraction of sp³-hybridized carbons (Fsp3) is 0.400. The van der Waals surface area contributed by atoms with E-state index in [2.05, 4.69) is 11.0 Å². The van der Waals surface area contributed by atoms with E-state index in [9.17, 15) is 0 Å². The SMILES string of the molecule is Nc1[c]cc(N2CCOCC2)cc1. The lowest BCUT2D eigenvalue weighted by atomic mass is 10.2. The molecule has 2 N–H and O–H groups in total. The molecule has 1 fully saturated rings. The maximum atomic E-state index is 5.56. The molecule has 13 heavy (non-hydrogen) atoms. The average molecular weight is 177 g/mol. The third kappa shape index (κ3) is 1.92. The van der Waals surface area contributed by atoms with Crippen LogP contribution in [0.3, 0.4) is 0 Å². The molecule has 3 heteroatoms. The van der Waals surface area contributed by atoms with E-state index in [0.29, 0.717) is 5.69 Å². The Morgan fingerprint density at radius 2 is 2.08 bits per heavy atom. The van der Waals surface area contributed by atoms with E-state index < -0.39 is 0 Å². The number of nitrogens with zero attached hydrogens (tertiary/aromatic N) is 1. The predicted octanol–water partition coefficient (Wildman–Crippen LogP) is 0.906. The number of ether oxygens (including phenoxy) is 1. The summed E-state index contributed by atoms with van der Waals surface area (Å²) in [6, 6.07) is 8.83. The molecule has 0 amide bonds. The van der Waals surface area contributed by atoms with Gasteiger partial charge in [0.1, 0.15) is 0 Å². The van der Waals surface area contributed by atoms with Gasteiger partial charge in [0.15, 0.2) is 0 Å². The van der Waals surface area contributed by atoms with Gasteiger partial charge >= 0.3 is 0 Å². The maximum absolute atomic E-state index is 5.56. The molecule has 0 spiro atoms. The highest BCUT2D eigenvalue weighted by molar-refractivity contribution is 5.52. The molecule has 0 aliphatic carbocycles. The molecule has 1 radical (unpaired) electrons. The molecule has 1 aromatic carbocycles. The van der Waals surface area contributed by atoms with Crippen LogP contribution in [0.4, 0.5) is 11.4 Å². The third-order valence-corrected chi connectivity index (χ3v) is 2.20. The van der Waals surface area contributed by atoms with E-state index in [4.69, 9.17) is 10.5 Å². The number of nitrogen functional groups attached to an aromatic ring is 1. The molecule has 69 valence electrons. The number of nitrogens with two attached hydrogens (primary N) is 1. The molecule has 0 unspecified atom stereocenters. The fourth-order valence-corrected chi connectivity index (χ4v) is 1.45. The standard InChI is InChI=1S/C10H13N2O/c11-9-1-3-10(4-2-9)12-5-7-13-8-6-12/h1,3-4H,5-8,11H2. The first-order valence-corrected chi connectivity index (χ1v) is 4.46. The number of hydrogen-bond acceptors (Lipinski definition) is 3. The quantitative estimate of drug-likeness (QED) is 0.648. The molecule has 0 atom stereocenters. The minimum absolute atomic E-state index is 0.692. The van der Waals surface area contributed by atoms with Crippen molar-refractivity contribution in [2.24, 2.45) is 0 Å². The second kappa shape index (κ2) is 3.66. The summed E-state index contributed by atoms with van der Waals surface area (Å²) >= 11 is 0. The second-order valence-corrected chi connectivity index (χ2v) is 3.10. The van der Waals surface area contributed by atoms with Gasteiger partial charge in [0.05, 0.1) is 13.2 Å². The number of morpholine rings is 1. The Balaban J connectivity index is 2.10. The highest BCUT2D eigenvalue weighted by Gasteiger charge is 2.10. The first-order valence-electron chi connectivity index (χ1n) is 4.46. The van der Waals surface area contributed by atoms with E-state index in [1.165, 1.54) is 5.69 Å². The highest BCUT2D eigenvalue weighted by Crippen LogP contribution is 2.16. The molecule has 1 aliphatic heterocycles. The van der Waals surface area contributed by atoms with Crippen molar-refractivity contribution in [1.82, 2.24) is 0 Å². The summed E-state index contributed by atoms with van der Waals surface area (Å²) in [6.07, 6.45) is 0. The van der Waals surface area contributed by atoms with Crippen molar-refractivity contribution < 1.29 is 4.74 Å². The molecular formula is C10H13N2O. The minimum Gasteiger partial charge on any atom is -0.398 e. The molecule has 1 saturated heterocycles. The maximum Gasteiger partial charge on any atom is 0.0642 e. The Kier molecular flexibility index (Phi) is 2.36. The van der Waals surface area contributed by atoms with Crippen molar-refractivity contribution in [2.75, 3.05) is 36.9 Å². The normalized spacial score (nSPS) is 17.4. The van der Waals surface area contributed by atoms with Gasteiger partial charge in [0.2, 0.25) is 0 Å². The number of rotatable bonds is 1. The Hall–Kier alpha value is -1.22. The lowest BCUT2D eigenvalue weighted by molar-refractivity contribution is 0.122. The summed E-state index contributed by atoms with van der Waals surface area (Å²) in [5, 5.41) is 0. The Morgan fingerprint density at radius 1 is 1.31 bits per heavy atom. The smallest absolute Gasteiger partial charge is 0.0642 e. The third-order valence-electron chi connectivity index (χ3n) is 2.20. The lowest BCUT2D eigenvalue weighted by Gasteiger charge is -2.28. The van der Waals surface area contributed by atoms with Gasteiger partial charge in [-0.15, -0.1) is 0 Å². The van der Waals surface area contributed by atoms with E-state index in [0.717, 1.165) is 26.3 Å². The van der Waals surface area contributed by atoms with Crippen molar-refractivity contribution in [2.45, 2.75) is 0 Å². The molecule has 3 nitrogen and oxygen atoms in total. The molecule has 1 heterocycles. The first-order chi connectivity index (χ1) is 6.36. The summed E-state index contributed by atoms with van der Waals surface area (Å²) in [5.41, 5.74) is 7.43. The van der Waals surface area contributed by atoms with Crippen LogP contribution in [0.1, 0.15) is 0 Å². The monoisotopic (exact) mass is 177 g/mol. The van der Waals surface area contributed by atoms with Gasteiger partial charge in [0, 0.05) is 30.5 Å². The van der Waals surface area contributed by atoms with Gasteiger partial charge in [-0.25, -0.2) is 0 Å². The van der Waals surface area contributed by atoms with E-state index in [1.807, 2.05) is 18.2 Å². The Morgan fingerprint density at radius 3 is 2.69 bits per heavy atom. The van der Waals surface area contributed by atoms with Crippen LogP contribution in [0, 0.1) is 6.07 Å². The number of benzene rings is 1. The van der Waals surface area contributed by atoms with Gasteiger partial charge in [-0.05, 0) is 18.2 Å². The summed E-state index contributed by atoms with van der Waals surface area (Å²) in [4.78, 5) is 2.28. The van der Waals surface area contributed by atoms with Gasteiger partial charge in [-0.3, -0.25) is 0 Å². The molecule has 2 rings (SSSR count). The Bertz CT molecular complexity index is 265. The first kappa shape index (κ1) is 8.38. The molecule has 0 saturated carbocycles. The summed E-state index contributed by atoms with van der Waals surface area (Å²) in [5.74, 6) is 0. The summed E-state index contributed by atoms with van der Waals surface area (Å²) in [7, 11) is 0. The average Bonchev–Trinajstić information content (AvgIpc) is 2.20. The molecule has 1 aliphatic rings. The zero-order valence-electron chi connectivity index (χ0n) is 7.49. The highest BCUT2D eigenvalue weighted by atomic mass is 16.5. The fourth-order valence-electron chi connectivity index (χ4n) is 1.45. The zero-order chi connectivity index (χ0) is 9.10. The lowest BCUT2D eigenvalue weighted by Crippen LogP contribution is -2.36. The van der Waals surface area contributed by atoms with Crippen molar-refractivity contribution in [3.63, 3.8) is 0 Å². The number of anilines is 2. The Labute approximate surface area is 78.1 Å². The van der Waals surface area contributed by atoms with Crippen molar-refractivity contribution in [3.05, 3.63) is 24.3 Å². The van der Waals surface area contributed by atoms with Crippen LogP contribution in [0.15, 0.2) is 18.2 Å². The summed E-state index contributed by atoms with van der Waals surface area (Å²) < 4.78 is 5.27. The van der Waals surface area contributed by atoms with Crippen molar-refractivity contribution >= 4 is 11.4 Å².